The molecule has 102 valence electrons. The Morgan fingerprint density at radius 3 is 2.47 bits per heavy atom. The summed E-state index contributed by atoms with van der Waals surface area (Å²) in [6, 6.07) is 8.71. The van der Waals surface area contributed by atoms with E-state index in [1.165, 1.54) is 0 Å². The third kappa shape index (κ3) is 4.15. The summed E-state index contributed by atoms with van der Waals surface area (Å²) >= 11 is 0. The molecule has 1 aromatic carbocycles. The van der Waals surface area contributed by atoms with Gasteiger partial charge in [0.25, 0.3) is 0 Å². The number of piperazine rings is 1. The molecule has 2 rings (SSSR count). The number of para-hydroxylation sites is 1. The molecule has 0 aliphatic carbocycles. The van der Waals surface area contributed by atoms with Gasteiger partial charge in [0.15, 0.2) is 0 Å². The van der Waals surface area contributed by atoms with E-state index in [0.29, 0.717) is 18.8 Å². The average Bonchev–Trinajstić information content (AvgIpc) is 2.40. The van der Waals surface area contributed by atoms with Gasteiger partial charge in [-0.1, -0.05) is 18.2 Å². The molecule has 0 atom stereocenters. The summed E-state index contributed by atoms with van der Waals surface area (Å²) in [6.07, 6.45) is -0.559. The summed E-state index contributed by atoms with van der Waals surface area (Å²) in [4.78, 5) is 15.4. The Labute approximate surface area is 112 Å². The van der Waals surface area contributed by atoms with Crippen LogP contribution in [0.2, 0.25) is 0 Å². The fourth-order valence-electron chi connectivity index (χ4n) is 1.79. The number of likely N-dealkylation sites (N-methyl/N-ethyl adjacent to an activating group) is 1. The first-order chi connectivity index (χ1) is 9.15. The molecule has 0 bridgehead atoms. The Hall–Kier alpha value is -1.73. The quantitative estimate of drug-likeness (QED) is 0.802. The number of hydrogen-bond donors (Lipinski definition) is 1. The molecule has 0 unspecified atom stereocenters. The first kappa shape index (κ1) is 13.7. The van der Waals surface area contributed by atoms with Gasteiger partial charge >= 0.3 is 13.4 Å². The molecule has 1 amide bonds. The summed E-state index contributed by atoms with van der Waals surface area (Å²) < 4.78 is 9.90. The van der Waals surface area contributed by atoms with Crippen molar-refractivity contribution in [1.82, 2.24) is 9.80 Å². The van der Waals surface area contributed by atoms with Crippen LogP contribution in [0.4, 0.5) is 4.79 Å². The zero-order chi connectivity index (χ0) is 13.7. The molecule has 1 aromatic rings. The lowest BCUT2D eigenvalue weighted by Crippen LogP contribution is -2.49. The van der Waals surface area contributed by atoms with Crippen LogP contribution in [-0.4, -0.2) is 61.5 Å². The van der Waals surface area contributed by atoms with Crippen LogP contribution < -0.4 is 4.65 Å². The van der Waals surface area contributed by atoms with Crippen LogP contribution in [0, 0.1) is 0 Å². The van der Waals surface area contributed by atoms with Gasteiger partial charge in [0.05, 0.1) is 0 Å². The van der Waals surface area contributed by atoms with Crippen LogP contribution in [0.5, 0.6) is 5.75 Å². The average molecular weight is 264 g/mol. The van der Waals surface area contributed by atoms with Crippen molar-refractivity contribution in [3.63, 3.8) is 0 Å². The predicted octanol–water partition coefficient (Wildman–Crippen LogP) is 0.427. The molecule has 1 fully saturated rings. The molecule has 1 aliphatic heterocycles. The highest BCUT2D eigenvalue weighted by Gasteiger charge is 2.28. The van der Waals surface area contributed by atoms with E-state index in [-0.39, 0.29) is 0 Å². The predicted molar refractivity (Wildman–Crippen MR) is 70.6 cm³/mol. The molecule has 7 heteroatoms. The second kappa shape index (κ2) is 6.44. The fraction of sp³-hybridized carbons (Fsp3) is 0.417. The van der Waals surface area contributed by atoms with Crippen LogP contribution in [-0.2, 0) is 4.65 Å². The van der Waals surface area contributed by atoms with Crippen LogP contribution in [0.3, 0.4) is 0 Å². The van der Waals surface area contributed by atoms with Gasteiger partial charge in [-0.25, -0.2) is 4.79 Å². The van der Waals surface area contributed by atoms with Crippen LogP contribution >= 0.6 is 0 Å². The number of nitrogens with zero attached hydrogens (tertiary/aromatic N) is 2. The lowest BCUT2D eigenvalue weighted by atomic mass is 10.2. The molecule has 19 heavy (non-hydrogen) atoms. The van der Waals surface area contributed by atoms with Crippen molar-refractivity contribution in [3.8, 4) is 5.75 Å². The zero-order valence-corrected chi connectivity index (χ0v) is 10.9. The third-order valence-corrected chi connectivity index (χ3v) is 2.94. The molecular formula is C12H17BN2O4. The van der Waals surface area contributed by atoms with Crippen molar-refractivity contribution in [1.29, 1.82) is 0 Å². The van der Waals surface area contributed by atoms with E-state index in [1.807, 2.05) is 13.1 Å². The fourth-order valence-corrected chi connectivity index (χ4v) is 1.79. The van der Waals surface area contributed by atoms with Gasteiger partial charge in [-0.2, -0.15) is 0 Å². The minimum atomic E-state index is -1.59. The largest absolute Gasteiger partial charge is 0.788 e. The first-order valence-corrected chi connectivity index (χ1v) is 6.19. The summed E-state index contributed by atoms with van der Waals surface area (Å²) in [7, 11) is 0.408. The summed E-state index contributed by atoms with van der Waals surface area (Å²) in [5.41, 5.74) is 0. The van der Waals surface area contributed by atoms with E-state index in [0.717, 1.165) is 13.1 Å². The first-order valence-electron chi connectivity index (χ1n) is 6.19. The van der Waals surface area contributed by atoms with Gasteiger partial charge in [-0.3, -0.25) is 0 Å². The Kier molecular flexibility index (Phi) is 4.65. The van der Waals surface area contributed by atoms with Gasteiger partial charge in [0.2, 0.25) is 0 Å². The molecule has 6 nitrogen and oxygen atoms in total. The summed E-state index contributed by atoms with van der Waals surface area (Å²) in [5.74, 6) is 0.446. The highest BCUT2D eigenvalue weighted by Crippen LogP contribution is 2.10. The van der Waals surface area contributed by atoms with Crippen LogP contribution in [0.15, 0.2) is 30.3 Å². The normalized spacial score (nSPS) is 16.0. The summed E-state index contributed by atoms with van der Waals surface area (Å²) in [5, 5.41) is 9.55. The van der Waals surface area contributed by atoms with Gasteiger partial charge in [0, 0.05) is 26.2 Å². The molecule has 0 radical (unpaired) electrons. The molecule has 0 aromatic heterocycles. The maximum Gasteiger partial charge on any atom is 0.788 e. The van der Waals surface area contributed by atoms with Crippen molar-refractivity contribution in [3.05, 3.63) is 30.3 Å². The summed E-state index contributed by atoms with van der Waals surface area (Å²) in [6.45, 7) is 2.77. The van der Waals surface area contributed by atoms with Gasteiger partial charge < -0.3 is 24.1 Å². The highest BCUT2D eigenvalue weighted by atomic mass is 16.7. The van der Waals surface area contributed by atoms with E-state index >= 15 is 0 Å². The molecule has 1 saturated heterocycles. The van der Waals surface area contributed by atoms with E-state index in [2.05, 4.69) is 4.90 Å². The van der Waals surface area contributed by atoms with E-state index in [4.69, 9.17) is 9.31 Å². The second-order valence-corrected chi connectivity index (χ2v) is 4.41. The van der Waals surface area contributed by atoms with E-state index < -0.39 is 13.4 Å². The highest BCUT2D eigenvalue weighted by molar-refractivity contribution is 6.38. The number of benzene rings is 1. The van der Waals surface area contributed by atoms with E-state index in [9.17, 15) is 9.82 Å². The Balaban J connectivity index is 1.78. The van der Waals surface area contributed by atoms with Crippen molar-refractivity contribution in [2.45, 2.75) is 0 Å². The zero-order valence-electron chi connectivity index (χ0n) is 10.9. The molecule has 1 aliphatic rings. The van der Waals surface area contributed by atoms with Crippen LogP contribution in [0.1, 0.15) is 0 Å². The smallest absolute Gasteiger partial charge is 0.501 e. The van der Waals surface area contributed by atoms with Gasteiger partial charge in [0.1, 0.15) is 5.75 Å². The molecular weight excluding hydrogens is 247 g/mol. The lowest BCUT2D eigenvalue weighted by molar-refractivity contribution is 0.105. The number of amides is 1. The number of rotatable bonds is 3. The minimum absolute atomic E-state index is 0.446. The van der Waals surface area contributed by atoms with Crippen molar-refractivity contribution >= 4 is 13.4 Å². The number of carbonyl (C=O) groups excluding carboxylic acids is 1. The number of hydrogen-bond acceptors (Lipinski definition) is 5. The maximum absolute atomic E-state index is 11.8. The van der Waals surface area contributed by atoms with Gasteiger partial charge in [-0.05, 0) is 19.2 Å². The molecule has 1 N–H and O–H groups in total. The number of carbonyl (C=O) groups is 1. The minimum Gasteiger partial charge on any atom is -0.501 e. The topological polar surface area (TPSA) is 62.2 Å². The van der Waals surface area contributed by atoms with Crippen molar-refractivity contribution in [2.75, 3.05) is 33.2 Å². The van der Waals surface area contributed by atoms with E-state index in [1.54, 1.807) is 29.2 Å². The third-order valence-electron chi connectivity index (χ3n) is 2.94. The maximum atomic E-state index is 11.8. The molecule has 0 saturated carbocycles. The lowest BCUT2D eigenvalue weighted by Gasteiger charge is -2.31. The standard InChI is InChI=1S/C12H17BN2O4/c1-14-7-9-15(10-8-14)12(16)19-13(17)18-11-5-3-2-4-6-11/h2-6,17H,7-10H2,1H3. The van der Waals surface area contributed by atoms with Crippen LogP contribution in [0.25, 0.3) is 0 Å². The Morgan fingerprint density at radius 2 is 1.84 bits per heavy atom. The van der Waals surface area contributed by atoms with Crippen molar-refractivity contribution in [2.24, 2.45) is 0 Å². The SMILES string of the molecule is CN1CCN(C(=O)OB(O)Oc2ccccc2)CC1. The second-order valence-electron chi connectivity index (χ2n) is 4.41. The Bertz CT molecular complexity index is 409. The monoisotopic (exact) mass is 264 g/mol. The Morgan fingerprint density at radius 1 is 1.21 bits per heavy atom. The molecule has 0 spiro atoms. The van der Waals surface area contributed by atoms with Gasteiger partial charge in [-0.15, -0.1) is 0 Å². The van der Waals surface area contributed by atoms with Crippen molar-refractivity contribution < 1.29 is 19.1 Å². The molecule has 1 heterocycles.